The number of carbonyl (C=O) groups is 1. The third kappa shape index (κ3) is 4.81. The standard InChI is InChI=1S/C16H17F2NO3S2.Tl/c1-3-4-12(19-15(14(20)21)9-13(15)23)16(17,18)22-10-5-7-11(24-2)8-6-10;/h5-8,12-13,19,23H,9H2,1-2H3,(H,20,21);/q;+1/p-1/t12-,13+,15?;/m0./s1. The molecule has 0 spiro atoms. The summed E-state index contributed by atoms with van der Waals surface area (Å²) in [5.74, 6) is 3.67. The van der Waals surface area contributed by atoms with Crippen LogP contribution in [0, 0.1) is 11.8 Å². The van der Waals surface area contributed by atoms with Gasteiger partial charge in [-0.3, -0.25) is 0 Å². The minimum atomic E-state index is -3.67. The molecule has 1 aliphatic carbocycles. The molecule has 0 heterocycles. The van der Waals surface area contributed by atoms with Crippen LogP contribution >= 0.6 is 20.1 Å². The summed E-state index contributed by atoms with van der Waals surface area (Å²) in [5, 5.41) is 11.8. The number of alkyl halides is 2. The van der Waals surface area contributed by atoms with Gasteiger partial charge in [-0.1, -0.05) is 0 Å². The molecule has 0 aliphatic heterocycles. The van der Waals surface area contributed by atoms with E-state index < -0.39 is 23.7 Å². The molecule has 1 aromatic carbocycles. The molecular weight excluding hydrogens is 561 g/mol. The van der Waals surface area contributed by atoms with E-state index in [1.54, 1.807) is 12.1 Å². The number of hydrogen-bond donors (Lipinski definition) is 2. The van der Waals surface area contributed by atoms with Crippen molar-refractivity contribution in [1.82, 2.24) is 5.32 Å². The third-order valence-corrected chi connectivity index (χ3v) is 9.26. The van der Waals surface area contributed by atoms with Gasteiger partial charge in [0, 0.05) is 0 Å². The molecule has 1 aromatic rings. The molecule has 9 heteroatoms. The molecule has 0 amide bonds. The van der Waals surface area contributed by atoms with Gasteiger partial charge in [-0.25, -0.2) is 0 Å². The fourth-order valence-electron chi connectivity index (χ4n) is 2.30. The van der Waals surface area contributed by atoms with Crippen LogP contribution in [0.15, 0.2) is 29.2 Å². The van der Waals surface area contributed by atoms with Crippen molar-refractivity contribution in [3.63, 3.8) is 0 Å². The summed E-state index contributed by atoms with van der Waals surface area (Å²) in [6.45, 7) is 1.43. The average molecular weight is 577 g/mol. The van der Waals surface area contributed by atoms with Crippen molar-refractivity contribution in [2.24, 2.45) is 0 Å². The maximum atomic E-state index is 14.6. The summed E-state index contributed by atoms with van der Waals surface area (Å²) in [6.07, 6.45) is -1.48. The summed E-state index contributed by atoms with van der Waals surface area (Å²) in [7, 11) is 1.49. The van der Waals surface area contributed by atoms with Gasteiger partial charge in [0.2, 0.25) is 0 Å². The van der Waals surface area contributed by atoms with E-state index in [-0.39, 0.29) is 11.0 Å². The molecule has 1 saturated carbocycles. The molecule has 1 aliphatic rings. The van der Waals surface area contributed by atoms with E-state index in [0.717, 1.165) is 4.90 Å². The normalized spacial score (nSPS) is 23.2. The first-order valence-corrected chi connectivity index (χ1v) is 15.0. The second kappa shape index (κ2) is 8.45. The zero-order chi connectivity index (χ0) is 18.7. The second-order valence-corrected chi connectivity index (χ2v) is 10.3. The number of ether oxygens (including phenoxy) is 1. The molecular formula is C16H16F2NO3S2Tl. The van der Waals surface area contributed by atoms with E-state index >= 15 is 0 Å². The van der Waals surface area contributed by atoms with Gasteiger partial charge in [0.1, 0.15) is 0 Å². The van der Waals surface area contributed by atoms with Gasteiger partial charge in [-0.2, -0.15) is 0 Å². The Morgan fingerprint density at radius 2 is 2.16 bits per heavy atom. The molecule has 0 saturated heterocycles. The number of nitrogens with one attached hydrogen (secondary N) is 1. The zero-order valence-corrected chi connectivity index (χ0v) is 19.7. The van der Waals surface area contributed by atoms with Crippen LogP contribution in [0.3, 0.4) is 0 Å². The molecule has 2 N–H and O–H groups in total. The molecule has 25 heavy (non-hydrogen) atoms. The monoisotopic (exact) mass is 577 g/mol. The molecule has 0 aromatic heterocycles. The molecule has 132 valence electrons. The number of rotatable bonds is 8. The molecule has 4 nitrogen and oxygen atoms in total. The fraction of sp³-hybridized carbons (Fsp3) is 0.438. The Labute approximate surface area is 167 Å². The molecule has 2 rings (SSSR count). The van der Waals surface area contributed by atoms with E-state index in [9.17, 15) is 18.7 Å². The molecule has 0 radical (unpaired) electrons. The number of thioether (sulfide) groups is 1. The quantitative estimate of drug-likeness (QED) is 0.282. The van der Waals surface area contributed by atoms with Gasteiger partial charge in [-0.05, 0) is 6.26 Å². The number of halogens is 2. The molecule has 1 unspecified atom stereocenters. The van der Waals surface area contributed by atoms with Crippen LogP contribution < -0.4 is 10.1 Å². The summed E-state index contributed by atoms with van der Waals surface area (Å²) < 4.78 is 34.1. The van der Waals surface area contributed by atoms with Crippen molar-refractivity contribution in [2.45, 2.75) is 41.2 Å². The number of carboxylic acids is 1. The van der Waals surface area contributed by atoms with Crippen LogP contribution in [0.5, 0.6) is 5.75 Å². The summed E-state index contributed by atoms with van der Waals surface area (Å²) in [6, 6.07) is 4.56. The molecule has 1 fully saturated rings. The van der Waals surface area contributed by atoms with Gasteiger partial charge < -0.3 is 0 Å². The number of aliphatic carboxylic acids is 1. The predicted octanol–water partition coefficient (Wildman–Crippen LogP) is 2.77. The summed E-state index contributed by atoms with van der Waals surface area (Å²) >= 11 is 2.02. The van der Waals surface area contributed by atoms with Gasteiger partial charge in [-0.15, -0.1) is 0 Å². The fourth-order valence-corrected chi connectivity index (χ4v) is 7.30. The van der Waals surface area contributed by atoms with Gasteiger partial charge in [0.25, 0.3) is 0 Å². The van der Waals surface area contributed by atoms with Crippen molar-refractivity contribution in [1.29, 1.82) is 0 Å². The average Bonchev–Trinajstić information content (AvgIpc) is 3.29. The van der Waals surface area contributed by atoms with Crippen LogP contribution in [0.4, 0.5) is 8.78 Å². The van der Waals surface area contributed by atoms with Crippen molar-refractivity contribution in [2.75, 3.05) is 6.26 Å². The van der Waals surface area contributed by atoms with Crippen LogP contribution in [-0.2, 0) is 4.79 Å². The first-order chi connectivity index (χ1) is 11.8. The van der Waals surface area contributed by atoms with E-state index in [1.807, 2.05) is 6.26 Å². The Balaban J connectivity index is 2.19. The number of benzene rings is 1. The zero-order valence-electron chi connectivity index (χ0n) is 13.6. The minimum absolute atomic E-state index is 0.00276. The third-order valence-electron chi connectivity index (χ3n) is 3.78. The predicted molar refractivity (Wildman–Crippen MR) is 96.3 cm³/mol. The van der Waals surface area contributed by atoms with Crippen molar-refractivity contribution in [3.05, 3.63) is 24.3 Å². The van der Waals surface area contributed by atoms with E-state index in [2.05, 4.69) is 17.2 Å². The van der Waals surface area contributed by atoms with Crippen LogP contribution in [0.25, 0.3) is 0 Å². The van der Waals surface area contributed by atoms with Crippen LogP contribution in [-0.4, -0.2) is 64.5 Å². The first-order valence-electron chi connectivity index (χ1n) is 7.29. The topological polar surface area (TPSA) is 58.6 Å². The Morgan fingerprint density at radius 3 is 2.60 bits per heavy atom. The SMILES string of the molecule is CC#C[C@H](NC1(C(=O)O)C[C@H]1[S][Tl])C(F)(F)Oc1ccc(SC)cc1. The van der Waals surface area contributed by atoms with Crippen molar-refractivity contribution >= 4 is 50.3 Å². The van der Waals surface area contributed by atoms with E-state index in [0.29, 0.717) is 30.7 Å². The van der Waals surface area contributed by atoms with E-state index in [4.69, 9.17) is 4.74 Å². The summed E-state index contributed by atoms with van der Waals surface area (Å²) in [5.41, 5.74) is -1.36. The number of carboxylic acid groups (broad SMARTS) is 1. The number of hydrogen-bond acceptors (Lipinski definition) is 5. The van der Waals surface area contributed by atoms with Crippen molar-refractivity contribution < 1.29 is 23.4 Å². The second-order valence-electron chi connectivity index (χ2n) is 5.42. The van der Waals surface area contributed by atoms with Crippen LogP contribution in [0.1, 0.15) is 13.3 Å². The Morgan fingerprint density at radius 1 is 1.52 bits per heavy atom. The molecule has 0 bridgehead atoms. The van der Waals surface area contributed by atoms with Gasteiger partial charge >= 0.3 is 162 Å². The summed E-state index contributed by atoms with van der Waals surface area (Å²) in [4.78, 5) is 12.5. The van der Waals surface area contributed by atoms with Crippen LogP contribution in [0.2, 0.25) is 0 Å². The first kappa shape index (κ1) is 20.8. The maximum absolute atomic E-state index is 14.6. The Bertz CT molecular complexity index is 693. The van der Waals surface area contributed by atoms with Gasteiger partial charge in [0.15, 0.2) is 0 Å². The Kier molecular flexibility index (Phi) is 7.03. The Hall–Kier alpha value is -0.508. The van der Waals surface area contributed by atoms with E-state index in [1.165, 1.54) is 39.1 Å². The van der Waals surface area contributed by atoms with Crippen molar-refractivity contribution in [3.8, 4) is 17.6 Å². The molecule has 3 atom stereocenters. The van der Waals surface area contributed by atoms with Gasteiger partial charge in [0.05, 0.1) is 0 Å².